The zero-order valence-corrected chi connectivity index (χ0v) is 11.9. The lowest BCUT2D eigenvalue weighted by atomic mass is 10.0. The van der Waals surface area contributed by atoms with Crippen LogP contribution in [0.4, 0.5) is 4.39 Å². The average Bonchev–Trinajstić information content (AvgIpc) is 2.84. The van der Waals surface area contributed by atoms with Crippen LogP contribution in [0.25, 0.3) is 0 Å². The van der Waals surface area contributed by atoms with E-state index in [1.54, 1.807) is 24.1 Å². The molecule has 0 saturated heterocycles. The Bertz CT molecular complexity index is 452. The van der Waals surface area contributed by atoms with Crippen molar-refractivity contribution in [2.45, 2.75) is 44.1 Å². The van der Waals surface area contributed by atoms with E-state index in [0.717, 1.165) is 31.2 Å². The zero-order chi connectivity index (χ0) is 14.6. The van der Waals surface area contributed by atoms with E-state index in [9.17, 15) is 14.3 Å². The van der Waals surface area contributed by atoms with Crippen LogP contribution in [0.3, 0.4) is 0 Å². The second-order valence-corrected chi connectivity index (χ2v) is 5.81. The Labute approximate surface area is 119 Å². The van der Waals surface area contributed by atoms with E-state index >= 15 is 0 Å². The molecule has 1 aromatic carbocycles. The number of hydrogen-bond acceptors (Lipinski definition) is 2. The van der Waals surface area contributed by atoms with Crippen molar-refractivity contribution < 1.29 is 14.3 Å². The van der Waals surface area contributed by atoms with Crippen LogP contribution in [0.15, 0.2) is 24.3 Å². The molecule has 110 valence electrons. The number of amides is 1. The lowest BCUT2D eigenvalue weighted by Gasteiger charge is -2.28. The van der Waals surface area contributed by atoms with E-state index in [4.69, 9.17) is 0 Å². The smallest absolute Gasteiger partial charge is 0.222 e. The fourth-order valence-electron chi connectivity index (χ4n) is 2.81. The first-order chi connectivity index (χ1) is 9.48. The maximum atomic E-state index is 12.8. The Kier molecular flexibility index (Phi) is 4.76. The molecule has 1 aliphatic carbocycles. The molecule has 1 aliphatic rings. The van der Waals surface area contributed by atoms with Crippen LogP contribution in [0.1, 0.15) is 37.7 Å². The SMILES string of the molecule is CN(CC1(O)CCCC1)C(=O)CCc1ccc(F)cc1. The number of likely N-dealkylation sites (N-methyl/N-ethyl adjacent to an activating group) is 1. The third kappa shape index (κ3) is 4.04. The largest absolute Gasteiger partial charge is 0.388 e. The molecule has 4 heteroatoms. The molecule has 1 saturated carbocycles. The molecule has 3 nitrogen and oxygen atoms in total. The minimum atomic E-state index is -0.694. The first-order valence-corrected chi connectivity index (χ1v) is 7.19. The molecular formula is C16H22FNO2. The maximum Gasteiger partial charge on any atom is 0.222 e. The number of aliphatic hydroxyl groups is 1. The lowest BCUT2D eigenvalue weighted by Crippen LogP contribution is -2.42. The predicted octanol–water partition coefficient (Wildman–Crippen LogP) is 2.52. The van der Waals surface area contributed by atoms with Crippen molar-refractivity contribution in [1.82, 2.24) is 4.90 Å². The van der Waals surface area contributed by atoms with Crippen molar-refractivity contribution in [3.8, 4) is 0 Å². The monoisotopic (exact) mass is 279 g/mol. The molecule has 0 unspecified atom stereocenters. The van der Waals surface area contributed by atoms with E-state index in [0.29, 0.717) is 19.4 Å². The third-order valence-electron chi connectivity index (χ3n) is 4.03. The van der Waals surface area contributed by atoms with Gasteiger partial charge in [-0.15, -0.1) is 0 Å². The summed E-state index contributed by atoms with van der Waals surface area (Å²) in [5, 5.41) is 10.3. The molecule has 0 radical (unpaired) electrons. The number of halogens is 1. The molecule has 1 N–H and O–H groups in total. The van der Waals surface area contributed by atoms with Crippen LogP contribution >= 0.6 is 0 Å². The summed E-state index contributed by atoms with van der Waals surface area (Å²) in [5.41, 5.74) is 0.257. The van der Waals surface area contributed by atoms with Crippen LogP contribution < -0.4 is 0 Å². The van der Waals surface area contributed by atoms with Gasteiger partial charge in [-0.2, -0.15) is 0 Å². The molecule has 1 amide bonds. The predicted molar refractivity (Wildman–Crippen MR) is 75.8 cm³/mol. The summed E-state index contributed by atoms with van der Waals surface area (Å²) in [7, 11) is 1.74. The number of rotatable bonds is 5. The summed E-state index contributed by atoms with van der Waals surface area (Å²) < 4.78 is 12.8. The third-order valence-corrected chi connectivity index (χ3v) is 4.03. The van der Waals surface area contributed by atoms with Crippen molar-refractivity contribution in [2.24, 2.45) is 0 Å². The summed E-state index contributed by atoms with van der Waals surface area (Å²) in [6.45, 7) is 0.412. The Morgan fingerprint density at radius 3 is 2.50 bits per heavy atom. The van der Waals surface area contributed by atoms with Crippen LogP contribution in [-0.4, -0.2) is 35.1 Å². The van der Waals surface area contributed by atoms with Crippen molar-refractivity contribution in [3.63, 3.8) is 0 Å². The van der Waals surface area contributed by atoms with E-state index in [1.807, 2.05) is 0 Å². The highest BCUT2D eigenvalue weighted by Crippen LogP contribution is 2.30. The number of aryl methyl sites for hydroxylation is 1. The van der Waals surface area contributed by atoms with Gasteiger partial charge in [0.1, 0.15) is 5.82 Å². The van der Waals surface area contributed by atoms with E-state index in [1.165, 1.54) is 12.1 Å². The minimum Gasteiger partial charge on any atom is -0.388 e. The topological polar surface area (TPSA) is 40.5 Å². The highest BCUT2D eigenvalue weighted by molar-refractivity contribution is 5.76. The van der Waals surface area contributed by atoms with Gasteiger partial charge in [-0.1, -0.05) is 25.0 Å². The van der Waals surface area contributed by atoms with Gasteiger partial charge in [-0.25, -0.2) is 4.39 Å². The quantitative estimate of drug-likeness (QED) is 0.899. The standard InChI is InChI=1S/C16H22FNO2/c1-18(12-16(20)10-2-3-11-16)15(19)9-6-13-4-7-14(17)8-5-13/h4-5,7-8,20H,2-3,6,9-12H2,1H3. The van der Waals surface area contributed by atoms with Gasteiger partial charge >= 0.3 is 0 Å². The summed E-state index contributed by atoms with van der Waals surface area (Å²) in [4.78, 5) is 13.7. The van der Waals surface area contributed by atoms with Crippen LogP contribution in [-0.2, 0) is 11.2 Å². The van der Waals surface area contributed by atoms with Gasteiger partial charge < -0.3 is 10.0 Å². The Hall–Kier alpha value is -1.42. The van der Waals surface area contributed by atoms with E-state index in [-0.39, 0.29) is 11.7 Å². The summed E-state index contributed by atoms with van der Waals surface area (Å²) >= 11 is 0. The van der Waals surface area contributed by atoms with Gasteiger partial charge in [0.2, 0.25) is 5.91 Å². The molecule has 1 aromatic rings. The second-order valence-electron chi connectivity index (χ2n) is 5.81. The molecule has 20 heavy (non-hydrogen) atoms. The van der Waals surface area contributed by atoms with Gasteiger partial charge in [0.25, 0.3) is 0 Å². The maximum absolute atomic E-state index is 12.8. The summed E-state index contributed by atoms with van der Waals surface area (Å²) in [6.07, 6.45) is 4.62. The first kappa shape index (κ1) is 15.0. The highest BCUT2D eigenvalue weighted by Gasteiger charge is 2.33. The molecule has 1 fully saturated rings. The number of hydrogen-bond donors (Lipinski definition) is 1. The normalized spacial score (nSPS) is 17.1. The van der Waals surface area contributed by atoms with Crippen LogP contribution in [0.2, 0.25) is 0 Å². The van der Waals surface area contributed by atoms with Crippen molar-refractivity contribution >= 4 is 5.91 Å². The van der Waals surface area contributed by atoms with Gasteiger partial charge in [-0.05, 0) is 37.0 Å². The Morgan fingerprint density at radius 1 is 1.30 bits per heavy atom. The fraction of sp³-hybridized carbons (Fsp3) is 0.562. The van der Waals surface area contributed by atoms with E-state index in [2.05, 4.69) is 0 Å². The van der Waals surface area contributed by atoms with Crippen LogP contribution in [0.5, 0.6) is 0 Å². The Balaban J connectivity index is 1.80. The number of carbonyl (C=O) groups is 1. The fourth-order valence-corrected chi connectivity index (χ4v) is 2.81. The van der Waals surface area contributed by atoms with E-state index < -0.39 is 5.60 Å². The minimum absolute atomic E-state index is 0.0228. The molecule has 0 heterocycles. The highest BCUT2D eigenvalue weighted by atomic mass is 19.1. The molecule has 0 aromatic heterocycles. The molecule has 0 bridgehead atoms. The van der Waals surface area contributed by atoms with Gasteiger partial charge in [0, 0.05) is 20.0 Å². The summed E-state index contributed by atoms with van der Waals surface area (Å²) in [6, 6.07) is 6.22. The van der Waals surface area contributed by atoms with Crippen molar-refractivity contribution in [1.29, 1.82) is 0 Å². The Morgan fingerprint density at radius 2 is 1.90 bits per heavy atom. The molecular weight excluding hydrogens is 257 g/mol. The zero-order valence-electron chi connectivity index (χ0n) is 11.9. The molecule has 2 rings (SSSR count). The lowest BCUT2D eigenvalue weighted by molar-refractivity contribution is -0.133. The first-order valence-electron chi connectivity index (χ1n) is 7.19. The molecule has 0 spiro atoms. The van der Waals surface area contributed by atoms with Crippen molar-refractivity contribution in [2.75, 3.05) is 13.6 Å². The van der Waals surface area contributed by atoms with Crippen LogP contribution in [0, 0.1) is 5.82 Å². The van der Waals surface area contributed by atoms with Gasteiger partial charge in [0.15, 0.2) is 0 Å². The van der Waals surface area contributed by atoms with Gasteiger partial charge in [0.05, 0.1) is 5.60 Å². The number of carbonyl (C=O) groups excluding carboxylic acids is 1. The van der Waals surface area contributed by atoms with Gasteiger partial charge in [-0.3, -0.25) is 4.79 Å². The summed E-state index contributed by atoms with van der Waals surface area (Å²) in [5.74, 6) is -0.240. The second kappa shape index (κ2) is 6.35. The van der Waals surface area contributed by atoms with Crippen molar-refractivity contribution in [3.05, 3.63) is 35.6 Å². The molecule has 0 aliphatic heterocycles. The number of benzene rings is 1. The average molecular weight is 279 g/mol. The number of nitrogens with zero attached hydrogens (tertiary/aromatic N) is 1. The molecule has 0 atom stereocenters.